The molecule has 76 heavy (non-hydrogen) atoms. The summed E-state index contributed by atoms with van der Waals surface area (Å²) in [5.74, 6) is -0.170. The van der Waals surface area contributed by atoms with Gasteiger partial charge < -0.3 is 40.3 Å². The molecule has 0 aromatic carbocycles. The molecule has 0 aliphatic carbocycles. The third-order valence-electron chi connectivity index (χ3n) is 16.0. The van der Waals surface area contributed by atoms with E-state index in [9.17, 15) is 30.3 Å². The first-order valence-electron chi connectivity index (χ1n) is 33.2. The molecule has 0 aromatic rings. The molecule has 1 aliphatic rings. The van der Waals surface area contributed by atoms with Gasteiger partial charge in [0.15, 0.2) is 6.29 Å². The fraction of sp³-hybridized carbons (Fsp3) is 0.896. The summed E-state index contributed by atoms with van der Waals surface area (Å²) in [6.45, 7) is 3.81. The largest absolute Gasteiger partial charge is 0.394 e. The highest BCUT2D eigenvalue weighted by Gasteiger charge is 2.44. The lowest BCUT2D eigenvalue weighted by Gasteiger charge is -2.40. The maximum atomic E-state index is 13.1. The molecule has 0 aromatic heterocycles. The lowest BCUT2D eigenvalue weighted by atomic mass is 9.99. The van der Waals surface area contributed by atoms with Gasteiger partial charge in [-0.1, -0.05) is 307 Å². The molecule has 9 nitrogen and oxygen atoms in total. The van der Waals surface area contributed by atoms with Crippen molar-refractivity contribution in [3.8, 4) is 0 Å². The second-order valence-electron chi connectivity index (χ2n) is 23.3. The van der Waals surface area contributed by atoms with E-state index in [0.717, 1.165) is 44.9 Å². The minimum absolute atomic E-state index is 0.170. The van der Waals surface area contributed by atoms with Crippen LogP contribution in [0.2, 0.25) is 0 Å². The molecule has 1 amide bonds. The summed E-state index contributed by atoms with van der Waals surface area (Å²) in [4.78, 5) is 13.1. The van der Waals surface area contributed by atoms with E-state index in [-0.39, 0.29) is 12.5 Å². The summed E-state index contributed by atoms with van der Waals surface area (Å²) in [7, 11) is 0. The predicted octanol–water partition coefficient (Wildman–Crippen LogP) is 17.5. The van der Waals surface area contributed by atoms with E-state index in [1.165, 1.54) is 263 Å². The Bertz CT molecular complexity index is 1290. The number of hydrogen-bond donors (Lipinski definition) is 6. The summed E-state index contributed by atoms with van der Waals surface area (Å²) in [6, 6.07) is -0.803. The van der Waals surface area contributed by atoms with Crippen LogP contribution >= 0.6 is 0 Å². The van der Waals surface area contributed by atoms with E-state index >= 15 is 0 Å². The summed E-state index contributed by atoms with van der Waals surface area (Å²) in [6.07, 6.45) is 68.1. The lowest BCUT2D eigenvalue weighted by Crippen LogP contribution is -2.60. The van der Waals surface area contributed by atoms with Gasteiger partial charge in [-0.05, 0) is 51.4 Å². The molecule has 7 unspecified atom stereocenters. The Morgan fingerprint density at radius 3 is 1.13 bits per heavy atom. The molecule has 1 aliphatic heterocycles. The van der Waals surface area contributed by atoms with Gasteiger partial charge in [-0.3, -0.25) is 4.79 Å². The topological polar surface area (TPSA) is 149 Å². The van der Waals surface area contributed by atoms with Crippen molar-refractivity contribution in [2.45, 2.75) is 371 Å². The second-order valence-corrected chi connectivity index (χ2v) is 23.3. The average molecular weight is 1070 g/mol. The van der Waals surface area contributed by atoms with Crippen molar-refractivity contribution in [2.75, 3.05) is 13.2 Å². The number of rotatable bonds is 58. The highest BCUT2D eigenvalue weighted by atomic mass is 16.7. The van der Waals surface area contributed by atoms with Crippen molar-refractivity contribution in [2.24, 2.45) is 0 Å². The smallest absolute Gasteiger partial charge is 0.220 e. The Balaban J connectivity index is 2.09. The summed E-state index contributed by atoms with van der Waals surface area (Å²) < 4.78 is 11.3. The Morgan fingerprint density at radius 2 is 0.776 bits per heavy atom. The molecule has 0 spiro atoms. The van der Waals surface area contributed by atoms with Crippen molar-refractivity contribution < 1.29 is 39.8 Å². The minimum Gasteiger partial charge on any atom is -0.394 e. The first-order chi connectivity index (χ1) is 37.3. The Hall–Kier alpha value is -1.59. The number of carbonyl (C=O) groups is 1. The highest BCUT2D eigenvalue weighted by Crippen LogP contribution is 2.23. The number of ether oxygens (including phenoxy) is 2. The molecule has 0 radical (unpaired) electrons. The van der Waals surface area contributed by atoms with Crippen molar-refractivity contribution in [3.63, 3.8) is 0 Å². The van der Waals surface area contributed by atoms with Crippen LogP contribution in [0.1, 0.15) is 328 Å². The van der Waals surface area contributed by atoms with Crippen LogP contribution in [0.4, 0.5) is 0 Å². The predicted molar refractivity (Wildman–Crippen MR) is 323 cm³/mol. The molecular weight excluding hydrogens is 947 g/mol. The van der Waals surface area contributed by atoms with E-state index in [1.54, 1.807) is 6.08 Å². The van der Waals surface area contributed by atoms with Crippen molar-refractivity contribution in [1.82, 2.24) is 5.32 Å². The number of aliphatic hydroxyl groups excluding tert-OH is 5. The van der Waals surface area contributed by atoms with Gasteiger partial charge in [-0.25, -0.2) is 0 Å². The molecule has 1 fully saturated rings. The Kier molecular flexibility index (Phi) is 54.0. The highest BCUT2D eigenvalue weighted by molar-refractivity contribution is 5.76. The van der Waals surface area contributed by atoms with Crippen LogP contribution in [0.5, 0.6) is 0 Å². The van der Waals surface area contributed by atoms with Gasteiger partial charge in [-0.2, -0.15) is 0 Å². The third kappa shape index (κ3) is 45.2. The number of hydrogen-bond acceptors (Lipinski definition) is 8. The molecule has 9 heteroatoms. The molecule has 1 heterocycles. The SMILES string of the molecule is CCCCCCC/C=C\C/C=C\CCCCCCCCCCCCCCCCCCCCCCCCCC(=O)NC(COC1OC(CO)C(O)C(O)C1O)C(O)/C=C/CCCCCCCCCCCCCCCCCC. The minimum atomic E-state index is -1.57. The standard InChI is InChI=1S/C67H127NO8/c1-3-5-7-9-11-13-15-17-19-21-23-24-25-26-27-28-29-30-31-32-33-34-35-36-37-38-39-41-43-45-47-49-51-53-55-57-63(71)68-60(59-75-67-66(74)65(73)64(72)62(58-69)76-67)61(70)56-54-52-50-48-46-44-42-40-22-20-18-16-14-12-10-8-6-4-2/h15,17,21,23,54,56,60-62,64-67,69-70,72-74H,3-14,16,18-20,22,24-53,55,57-59H2,1-2H3,(H,68,71)/b17-15-,23-21-,56-54+. The third-order valence-corrected chi connectivity index (χ3v) is 16.0. The number of carbonyl (C=O) groups excluding carboxylic acids is 1. The summed E-state index contributed by atoms with van der Waals surface area (Å²) in [5.41, 5.74) is 0. The lowest BCUT2D eigenvalue weighted by molar-refractivity contribution is -0.302. The van der Waals surface area contributed by atoms with E-state index in [0.29, 0.717) is 6.42 Å². The van der Waals surface area contributed by atoms with Crippen LogP contribution in [-0.4, -0.2) is 87.5 Å². The monoisotopic (exact) mass is 1070 g/mol. The number of nitrogens with one attached hydrogen (secondary N) is 1. The van der Waals surface area contributed by atoms with Crippen LogP contribution in [0.25, 0.3) is 0 Å². The fourth-order valence-electron chi connectivity index (χ4n) is 10.7. The zero-order valence-electron chi connectivity index (χ0n) is 50.0. The Labute approximate surface area is 470 Å². The number of unbranched alkanes of at least 4 members (excludes halogenated alkanes) is 44. The zero-order valence-corrected chi connectivity index (χ0v) is 50.0. The molecule has 448 valence electrons. The fourth-order valence-corrected chi connectivity index (χ4v) is 10.7. The van der Waals surface area contributed by atoms with E-state index in [4.69, 9.17) is 9.47 Å². The average Bonchev–Trinajstić information content (AvgIpc) is 3.42. The van der Waals surface area contributed by atoms with Crippen LogP contribution < -0.4 is 5.32 Å². The Morgan fingerprint density at radius 1 is 0.447 bits per heavy atom. The van der Waals surface area contributed by atoms with Crippen LogP contribution in [-0.2, 0) is 14.3 Å². The maximum absolute atomic E-state index is 13.1. The molecule has 0 bridgehead atoms. The first-order valence-corrected chi connectivity index (χ1v) is 33.2. The molecule has 6 N–H and O–H groups in total. The van der Waals surface area contributed by atoms with Crippen molar-refractivity contribution in [3.05, 3.63) is 36.5 Å². The molecule has 7 atom stereocenters. The molecular formula is C67H127NO8. The summed E-state index contributed by atoms with van der Waals surface area (Å²) in [5, 5.41) is 54.6. The van der Waals surface area contributed by atoms with Crippen molar-refractivity contribution in [1.29, 1.82) is 0 Å². The van der Waals surface area contributed by atoms with Crippen LogP contribution in [0.3, 0.4) is 0 Å². The van der Waals surface area contributed by atoms with E-state index < -0.39 is 49.5 Å². The van der Waals surface area contributed by atoms with Crippen molar-refractivity contribution >= 4 is 5.91 Å². The van der Waals surface area contributed by atoms with E-state index in [1.807, 2.05) is 6.08 Å². The molecule has 1 saturated heterocycles. The zero-order chi connectivity index (χ0) is 55.0. The first kappa shape index (κ1) is 72.4. The number of allylic oxidation sites excluding steroid dienone is 5. The quantitative estimate of drug-likeness (QED) is 0.0261. The van der Waals surface area contributed by atoms with Gasteiger partial charge in [0.1, 0.15) is 24.4 Å². The van der Waals surface area contributed by atoms with Gasteiger partial charge in [0.05, 0.1) is 25.4 Å². The number of amides is 1. The normalized spacial score (nSPS) is 19.0. The number of aliphatic hydroxyl groups is 5. The molecule has 1 rings (SSSR count). The van der Waals surface area contributed by atoms with Gasteiger partial charge in [-0.15, -0.1) is 0 Å². The van der Waals surface area contributed by atoms with Gasteiger partial charge in [0.25, 0.3) is 0 Å². The van der Waals surface area contributed by atoms with Gasteiger partial charge in [0, 0.05) is 6.42 Å². The van der Waals surface area contributed by atoms with Crippen LogP contribution in [0.15, 0.2) is 36.5 Å². The van der Waals surface area contributed by atoms with Crippen LogP contribution in [0, 0.1) is 0 Å². The van der Waals surface area contributed by atoms with Gasteiger partial charge >= 0.3 is 0 Å². The summed E-state index contributed by atoms with van der Waals surface area (Å²) >= 11 is 0. The second kappa shape index (κ2) is 56.7. The van der Waals surface area contributed by atoms with E-state index in [2.05, 4.69) is 43.5 Å². The molecule has 0 saturated carbocycles. The van der Waals surface area contributed by atoms with Gasteiger partial charge in [0.2, 0.25) is 5.91 Å². The maximum Gasteiger partial charge on any atom is 0.220 e.